The number of hydrogen-bond donors (Lipinski definition) is 1. The van der Waals surface area contributed by atoms with Crippen LogP contribution in [0.15, 0.2) is 6.20 Å². The van der Waals surface area contributed by atoms with Gasteiger partial charge in [0.25, 0.3) is 0 Å². The Balaban J connectivity index is 2.16. The zero-order valence-electron chi connectivity index (χ0n) is 12.8. The van der Waals surface area contributed by atoms with Crippen molar-refractivity contribution in [2.75, 3.05) is 20.6 Å². The number of aromatic nitrogens is 2. The average Bonchev–Trinajstić information content (AvgIpc) is 2.79. The Morgan fingerprint density at radius 2 is 2.10 bits per heavy atom. The van der Waals surface area contributed by atoms with Crippen molar-refractivity contribution < 1.29 is 5.11 Å². The van der Waals surface area contributed by atoms with Gasteiger partial charge < -0.3 is 10.0 Å². The number of rotatable bonds is 5. The van der Waals surface area contributed by atoms with Crippen LogP contribution in [0.4, 0.5) is 0 Å². The van der Waals surface area contributed by atoms with E-state index in [0.29, 0.717) is 5.02 Å². The highest BCUT2D eigenvalue weighted by atomic mass is 35.5. The van der Waals surface area contributed by atoms with E-state index in [2.05, 4.69) is 16.9 Å². The molecule has 0 amide bonds. The van der Waals surface area contributed by atoms with Gasteiger partial charge in [-0.15, -0.1) is 0 Å². The molecule has 5 heteroatoms. The molecule has 1 aliphatic rings. The van der Waals surface area contributed by atoms with E-state index in [1.54, 1.807) is 6.20 Å². The van der Waals surface area contributed by atoms with E-state index in [-0.39, 0.29) is 0 Å². The van der Waals surface area contributed by atoms with Crippen LogP contribution in [0.5, 0.6) is 0 Å². The van der Waals surface area contributed by atoms with Crippen molar-refractivity contribution in [2.45, 2.75) is 51.2 Å². The van der Waals surface area contributed by atoms with E-state index in [1.165, 1.54) is 6.42 Å². The zero-order valence-corrected chi connectivity index (χ0v) is 13.5. The minimum Gasteiger partial charge on any atom is -0.384 e. The van der Waals surface area contributed by atoms with Crippen LogP contribution in [-0.4, -0.2) is 40.4 Å². The lowest BCUT2D eigenvalue weighted by atomic mass is 9.76. The monoisotopic (exact) mass is 299 g/mol. The van der Waals surface area contributed by atoms with E-state index < -0.39 is 5.60 Å². The van der Waals surface area contributed by atoms with Crippen molar-refractivity contribution in [1.29, 1.82) is 0 Å². The fourth-order valence-corrected chi connectivity index (χ4v) is 3.41. The highest BCUT2D eigenvalue weighted by molar-refractivity contribution is 6.31. The molecule has 4 nitrogen and oxygen atoms in total. The van der Waals surface area contributed by atoms with Gasteiger partial charge in [0.05, 0.1) is 23.5 Å². The zero-order chi connectivity index (χ0) is 14.8. The van der Waals surface area contributed by atoms with E-state index >= 15 is 0 Å². The van der Waals surface area contributed by atoms with Gasteiger partial charge in [0.15, 0.2) is 0 Å². The van der Waals surface area contributed by atoms with Crippen LogP contribution in [0.3, 0.4) is 0 Å². The van der Waals surface area contributed by atoms with Gasteiger partial charge in [-0.25, -0.2) is 0 Å². The number of halogens is 1. The molecule has 0 saturated heterocycles. The SMILES string of the molecule is CCC1CCC(O)(c2c(Cl)cnn2CCN(C)C)CC1. The Bertz CT molecular complexity index is 436. The Morgan fingerprint density at radius 3 is 2.65 bits per heavy atom. The van der Waals surface area contributed by atoms with Crippen LogP contribution in [0.25, 0.3) is 0 Å². The molecular weight excluding hydrogens is 274 g/mol. The van der Waals surface area contributed by atoms with Crippen molar-refractivity contribution >= 4 is 11.6 Å². The van der Waals surface area contributed by atoms with Crippen LogP contribution < -0.4 is 0 Å². The second-order valence-corrected chi connectivity index (χ2v) is 6.66. The van der Waals surface area contributed by atoms with E-state index in [0.717, 1.165) is 50.4 Å². The van der Waals surface area contributed by atoms with E-state index in [9.17, 15) is 5.11 Å². The first-order valence-electron chi connectivity index (χ1n) is 7.55. The summed E-state index contributed by atoms with van der Waals surface area (Å²) < 4.78 is 1.88. The van der Waals surface area contributed by atoms with Crippen LogP contribution in [0.1, 0.15) is 44.7 Å². The molecule has 0 bridgehead atoms. The first kappa shape index (κ1) is 15.8. The molecule has 0 radical (unpaired) electrons. The highest BCUT2D eigenvalue weighted by Crippen LogP contribution is 2.42. The van der Waals surface area contributed by atoms with E-state index in [4.69, 9.17) is 11.6 Å². The third-order valence-corrected chi connectivity index (χ3v) is 4.78. The maximum absolute atomic E-state index is 11.0. The molecule has 0 aliphatic heterocycles. The maximum atomic E-state index is 11.0. The van der Waals surface area contributed by atoms with Crippen LogP contribution in [-0.2, 0) is 12.1 Å². The van der Waals surface area contributed by atoms with Gasteiger partial charge in [-0.3, -0.25) is 4.68 Å². The summed E-state index contributed by atoms with van der Waals surface area (Å²) in [5.74, 6) is 0.743. The van der Waals surface area contributed by atoms with Gasteiger partial charge in [-0.2, -0.15) is 5.10 Å². The lowest BCUT2D eigenvalue weighted by Gasteiger charge is -2.36. The van der Waals surface area contributed by atoms with Crippen LogP contribution in [0, 0.1) is 5.92 Å². The molecule has 0 spiro atoms. The maximum Gasteiger partial charge on any atom is 0.108 e. The fourth-order valence-electron chi connectivity index (χ4n) is 3.09. The normalized spacial score (nSPS) is 27.2. The van der Waals surface area contributed by atoms with Crippen LogP contribution >= 0.6 is 11.6 Å². The van der Waals surface area contributed by atoms with Gasteiger partial charge in [-0.05, 0) is 45.7 Å². The number of hydrogen-bond acceptors (Lipinski definition) is 3. The average molecular weight is 300 g/mol. The third-order valence-electron chi connectivity index (χ3n) is 4.50. The lowest BCUT2D eigenvalue weighted by Crippen LogP contribution is -2.35. The summed E-state index contributed by atoms with van der Waals surface area (Å²) in [4.78, 5) is 2.11. The molecule has 1 aliphatic carbocycles. The molecular formula is C15H26ClN3O. The molecule has 1 aromatic rings. The molecule has 1 saturated carbocycles. The standard InChI is InChI=1S/C15H26ClN3O/c1-4-12-5-7-15(20,8-6-12)14-13(16)11-17-19(14)10-9-18(2)3/h11-12,20H,4-10H2,1-3H3. The summed E-state index contributed by atoms with van der Waals surface area (Å²) in [5, 5.41) is 16.0. The molecule has 0 atom stereocenters. The van der Waals surface area contributed by atoms with Crippen molar-refractivity contribution in [1.82, 2.24) is 14.7 Å². The summed E-state index contributed by atoms with van der Waals surface area (Å²) in [6, 6.07) is 0. The summed E-state index contributed by atoms with van der Waals surface area (Å²) in [6.07, 6.45) is 6.59. The molecule has 1 heterocycles. The summed E-state index contributed by atoms with van der Waals surface area (Å²) in [7, 11) is 4.07. The Morgan fingerprint density at radius 1 is 1.45 bits per heavy atom. The van der Waals surface area contributed by atoms with Gasteiger partial charge >= 0.3 is 0 Å². The van der Waals surface area contributed by atoms with Gasteiger partial charge in [0.1, 0.15) is 5.60 Å². The Labute approximate surface area is 126 Å². The van der Waals surface area contributed by atoms with Gasteiger partial charge in [0.2, 0.25) is 0 Å². The topological polar surface area (TPSA) is 41.3 Å². The molecule has 20 heavy (non-hydrogen) atoms. The Kier molecular flexibility index (Phi) is 5.10. The molecule has 114 valence electrons. The van der Waals surface area contributed by atoms with Crippen molar-refractivity contribution in [3.05, 3.63) is 16.9 Å². The fraction of sp³-hybridized carbons (Fsp3) is 0.800. The second-order valence-electron chi connectivity index (χ2n) is 6.25. The highest BCUT2D eigenvalue weighted by Gasteiger charge is 2.38. The molecule has 1 aromatic heterocycles. The van der Waals surface area contributed by atoms with Gasteiger partial charge in [-0.1, -0.05) is 24.9 Å². The molecule has 2 rings (SSSR count). The van der Waals surface area contributed by atoms with Gasteiger partial charge in [0, 0.05) is 6.54 Å². The summed E-state index contributed by atoms with van der Waals surface area (Å²) in [6.45, 7) is 3.87. The van der Waals surface area contributed by atoms with Crippen LogP contribution in [0.2, 0.25) is 5.02 Å². The first-order chi connectivity index (χ1) is 9.46. The molecule has 1 fully saturated rings. The number of likely N-dealkylation sites (N-methyl/N-ethyl adjacent to an activating group) is 1. The van der Waals surface area contributed by atoms with Crippen molar-refractivity contribution in [3.8, 4) is 0 Å². The smallest absolute Gasteiger partial charge is 0.108 e. The van der Waals surface area contributed by atoms with Crippen molar-refractivity contribution in [2.24, 2.45) is 5.92 Å². The molecule has 1 N–H and O–H groups in total. The van der Waals surface area contributed by atoms with E-state index in [1.807, 2.05) is 18.8 Å². The summed E-state index contributed by atoms with van der Waals surface area (Å²) >= 11 is 6.30. The third kappa shape index (κ3) is 3.35. The first-order valence-corrected chi connectivity index (χ1v) is 7.93. The quantitative estimate of drug-likeness (QED) is 0.909. The largest absolute Gasteiger partial charge is 0.384 e. The second kappa shape index (κ2) is 6.46. The van der Waals surface area contributed by atoms with Crippen molar-refractivity contribution in [3.63, 3.8) is 0 Å². The molecule has 0 unspecified atom stereocenters. The predicted molar refractivity (Wildman–Crippen MR) is 81.9 cm³/mol. The number of nitrogens with zero attached hydrogens (tertiary/aromatic N) is 3. The number of aliphatic hydroxyl groups is 1. The minimum atomic E-state index is -0.800. The summed E-state index contributed by atoms with van der Waals surface area (Å²) in [5.41, 5.74) is 0.0153. The minimum absolute atomic E-state index is 0.598. The lowest BCUT2D eigenvalue weighted by molar-refractivity contribution is -0.0222. The molecule has 0 aromatic carbocycles. The predicted octanol–water partition coefficient (Wildman–Crippen LogP) is 2.89. The Hall–Kier alpha value is -0.580.